The van der Waals surface area contributed by atoms with Gasteiger partial charge in [-0.2, -0.15) is 13.2 Å². The van der Waals surface area contributed by atoms with E-state index in [1.807, 2.05) is 6.07 Å². The number of fused-ring (bicyclic) bond motifs is 2. The summed E-state index contributed by atoms with van der Waals surface area (Å²) in [5, 5.41) is 9.97. The zero-order valence-electron chi connectivity index (χ0n) is 19.6. The van der Waals surface area contributed by atoms with Gasteiger partial charge in [0, 0.05) is 23.8 Å². The fourth-order valence-corrected chi connectivity index (χ4v) is 5.17. The number of rotatable bonds is 7. The fraction of sp³-hybridized carbons (Fsp3) is 0.440. The number of alkyl halides is 3. The van der Waals surface area contributed by atoms with Crippen LogP contribution in [0.5, 0.6) is 5.75 Å². The topological polar surface area (TPSA) is 79.3 Å². The molecule has 0 aliphatic carbocycles. The van der Waals surface area contributed by atoms with E-state index in [4.69, 9.17) is 16.3 Å². The molecule has 0 bridgehead atoms. The van der Waals surface area contributed by atoms with Crippen molar-refractivity contribution >= 4 is 29.2 Å². The second-order valence-electron chi connectivity index (χ2n) is 8.81. The van der Waals surface area contributed by atoms with E-state index in [1.165, 1.54) is 6.07 Å². The Kier molecular flexibility index (Phi) is 7.49. The van der Waals surface area contributed by atoms with Crippen molar-refractivity contribution < 1.29 is 37.3 Å². The summed E-state index contributed by atoms with van der Waals surface area (Å²) in [7, 11) is 1.02. The first-order chi connectivity index (χ1) is 17.1. The Bertz CT molecular complexity index is 1150. The number of hydrogen-bond donors (Lipinski definition) is 1. The summed E-state index contributed by atoms with van der Waals surface area (Å²) < 4.78 is 50.2. The molecule has 0 unspecified atom stereocenters. The molecule has 36 heavy (non-hydrogen) atoms. The van der Waals surface area contributed by atoms with Crippen molar-refractivity contribution in [3.05, 3.63) is 58.1 Å². The number of nitrogens with zero attached hydrogens (tertiary/aromatic N) is 2. The number of methoxy groups -OCH3 is 1. The first-order valence-corrected chi connectivity index (χ1v) is 11.9. The van der Waals surface area contributed by atoms with E-state index in [2.05, 4.69) is 9.64 Å². The van der Waals surface area contributed by atoms with Gasteiger partial charge in [-0.1, -0.05) is 11.6 Å². The summed E-state index contributed by atoms with van der Waals surface area (Å²) >= 11 is 6.23. The second kappa shape index (κ2) is 10.3. The molecule has 2 aromatic rings. The molecular formula is C25H26ClF3N2O5. The number of aliphatic hydroxyl groups excluding tert-OH is 1. The predicted octanol–water partition coefficient (Wildman–Crippen LogP) is 3.90. The molecule has 1 saturated heterocycles. The highest BCUT2D eigenvalue weighted by atomic mass is 35.5. The van der Waals surface area contributed by atoms with Gasteiger partial charge in [-0.15, -0.1) is 0 Å². The molecule has 1 amide bonds. The van der Waals surface area contributed by atoms with Crippen LogP contribution in [0, 0.1) is 0 Å². The number of ether oxygens (including phenoxy) is 2. The maximum absolute atomic E-state index is 13.4. The van der Waals surface area contributed by atoms with E-state index in [1.54, 1.807) is 17.0 Å². The molecule has 7 nitrogen and oxygen atoms in total. The number of anilines is 1. The molecule has 2 heterocycles. The molecule has 2 aliphatic heterocycles. The number of piperidine rings is 1. The van der Waals surface area contributed by atoms with E-state index >= 15 is 0 Å². The van der Waals surface area contributed by atoms with Gasteiger partial charge < -0.3 is 19.5 Å². The highest BCUT2D eigenvalue weighted by Crippen LogP contribution is 2.48. The van der Waals surface area contributed by atoms with Gasteiger partial charge in [0.2, 0.25) is 5.91 Å². The van der Waals surface area contributed by atoms with Crippen molar-refractivity contribution in [3.8, 4) is 5.75 Å². The number of likely N-dealkylation sites (tertiary alicyclic amines) is 1. The van der Waals surface area contributed by atoms with Crippen molar-refractivity contribution in [2.45, 2.75) is 24.4 Å². The van der Waals surface area contributed by atoms with Gasteiger partial charge in [-0.25, -0.2) is 4.79 Å². The number of halogens is 4. The third-order valence-corrected chi connectivity index (χ3v) is 7.07. The van der Waals surface area contributed by atoms with Crippen LogP contribution in [0.4, 0.5) is 18.9 Å². The molecule has 194 valence electrons. The molecule has 0 saturated carbocycles. The van der Waals surface area contributed by atoms with Gasteiger partial charge in [0.1, 0.15) is 12.4 Å². The van der Waals surface area contributed by atoms with E-state index < -0.39 is 28.7 Å². The molecule has 11 heteroatoms. The Morgan fingerprint density at radius 3 is 2.50 bits per heavy atom. The highest BCUT2D eigenvalue weighted by molar-refractivity contribution is 6.31. The Morgan fingerprint density at radius 1 is 1.14 bits per heavy atom. The van der Waals surface area contributed by atoms with Crippen LogP contribution in [0.15, 0.2) is 36.4 Å². The number of β-amino-alcohol motifs (C(OH)–C–C–N with tert-alkyl or cyclic N) is 1. The maximum atomic E-state index is 13.4. The lowest BCUT2D eigenvalue weighted by atomic mass is 9.73. The van der Waals surface area contributed by atoms with Crippen molar-refractivity contribution in [1.82, 2.24) is 4.90 Å². The minimum absolute atomic E-state index is 0.00218. The summed E-state index contributed by atoms with van der Waals surface area (Å²) in [6.45, 7) is 1.82. The Labute approximate surface area is 211 Å². The molecular weight excluding hydrogens is 501 g/mol. The average Bonchev–Trinajstić information content (AvgIpc) is 3.06. The molecule has 1 spiro atoms. The lowest BCUT2D eigenvalue weighted by molar-refractivity contribution is -0.138. The number of carbonyl (C=O) groups is 2. The summed E-state index contributed by atoms with van der Waals surface area (Å²) in [5.74, 6) is -1.12. The molecule has 4 rings (SSSR count). The number of esters is 1. The number of benzene rings is 2. The summed E-state index contributed by atoms with van der Waals surface area (Å²) in [4.78, 5) is 28.7. The lowest BCUT2D eigenvalue weighted by Gasteiger charge is -2.38. The van der Waals surface area contributed by atoms with Gasteiger partial charge in [0.05, 0.1) is 30.3 Å². The standard InChI is InChI=1S/C25H26ClF3N2O5/c1-35-22(33)18-4-3-17(15-19(18)25(27,28)29)36-13-11-30-8-6-24(7-9-30)20-14-16(26)2-5-21(20)31(10-12-32)23(24)34/h2-5,14-15,32H,6-13H2,1H3. The smallest absolute Gasteiger partial charge is 0.417 e. The lowest BCUT2D eigenvalue weighted by Crippen LogP contribution is -2.49. The van der Waals surface area contributed by atoms with Gasteiger partial charge in [-0.3, -0.25) is 9.69 Å². The van der Waals surface area contributed by atoms with Crippen LogP contribution in [0.25, 0.3) is 0 Å². The van der Waals surface area contributed by atoms with Crippen LogP contribution >= 0.6 is 11.6 Å². The maximum Gasteiger partial charge on any atom is 0.417 e. The van der Waals surface area contributed by atoms with Crippen LogP contribution in [0.2, 0.25) is 5.02 Å². The molecule has 0 atom stereocenters. The van der Waals surface area contributed by atoms with Crippen molar-refractivity contribution in [1.29, 1.82) is 0 Å². The minimum Gasteiger partial charge on any atom is -0.492 e. The van der Waals surface area contributed by atoms with Crippen LogP contribution < -0.4 is 9.64 Å². The largest absolute Gasteiger partial charge is 0.492 e. The Balaban J connectivity index is 1.40. The van der Waals surface area contributed by atoms with Crippen LogP contribution in [0.1, 0.15) is 34.3 Å². The van der Waals surface area contributed by atoms with Gasteiger partial charge >= 0.3 is 12.1 Å². The highest BCUT2D eigenvalue weighted by Gasteiger charge is 2.51. The zero-order valence-corrected chi connectivity index (χ0v) is 20.4. The third kappa shape index (κ3) is 4.89. The van der Waals surface area contributed by atoms with E-state index in [0.717, 1.165) is 30.5 Å². The second-order valence-corrected chi connectivity index (χ2v) is 9.25. The predicted molar refractivity (Wildman–Crippen MR) is 127 cm³/mol. The first-order valence-electron chi connectivity index (χ1n) is 11.5. The van der Waals surface area contributed by atoms with E-state index in [9.17, 15) is 27.9 Å². The van der Waals surface area contributed by atoms with Crippen molar-refractivity contribution in [2.75, 3.05) is 51.4 Å². The average molecular weight is 527 g/mol. The molecule has 2 aliphatic rings. The molecule has 1 fully saturated rings. The van der Waals surface area contributed by atoms with Gasteiger partial charge in [-0.05, 0) is 67.9 Å². The monoisotopic (exact) mass is 526 g/mol. The summed E-state index contributed by atoms with van der Waals surface area (Å²) in [5.41, 5.74) is -0.759. The van der Waals surface area contributed by atoms with Gasteiger partial charge in [0.25, 0.3) is 0 Å². The summed E-state index contributed by atoms with van der Waals surface area (Å²) in [6, 6.07) is 8.50. The quantitative estimate of drug-likeness (QED) is 0.551. The number of aliphatic hydroxyl groups is 1. The van der Waals surface area contributed by atoms with Crippen LogP contribution in [-0.4, -0.2) is 68.4 Å². The van der Waals surface area contributed by atoms with E-state index in [-0.39, 0.29) is 31.4 Å². The number of amides is 1. The SMILES string of the molecule is COC(=O)c1ccc(OCCN2CCC3(CC2)C(=O)N(CCO)c2ccc(Cl)cc23)cc1C(F)(F)F. The molecule has 1 N–H and O–H groups in total. The van der Waals surface area contributed by atoms with Crippen molar-refractivity contribution in [3.63, 3.8) is 0 Å². The Morgan fingerprint density at radius 2 is 1.86 bits per heavy atom. The first kappa shape index (κ1) is 26.2. The van der Waals surface area contributed by atoms with E-state index in [0.29, 0.717) is 37.5 Å². The Hall–Kier alpha value is -2.82. The van der Waals surface area contributed by atoms with Crippen LogP contribution in [0.3, 0.4) is 0 Å². The molecule has 0 radical (unpaired) electrons. The normalized spacial score (nSPS) is 17.4. The fourth-order valence-electron chi connectivity index (χ4n) is 5.00. The number of carbonyl (C=O) groups excluding carboxylic acids is 2. The summed E-state index contributed by atoms with van der Waals surface area (Å²) in [6.07, 6.45) is -3.64. The van der Waals surface area contributed by atoms with Gasteiger partial charge in [0.15, 0.2) is 0 Å². The number of hydrogen-bond acceptors (Lipinski definition) is 6. The minimum atomic E-state index is -4.74. The van der Waals surface area contributed by atoms with Crippen LogP contribution in [-0.2, 0) is 21.1 Å². The third-order valence-electron chi connectivity index (χ3n) is 6.83. The van der Waals surface area contributed by atoms with Crippen molar-refractivity contribution in [2.24, 2.45) is 0 Å². The molecule has 0 aromatic heterocycles. The molecule has 2 aromatic carbocycles. The zero-order chi connectivity index (χ0) is 26.1.